The van der Waals surface area contributed by atoms with Crippen LogP contribution < -0.4 is 0 Å². The van der Waals surface area contributed by atoms with E-state index in [9.17, 15) is 4.79 Å². The fourth-order valence-electron chi connectivity index (χ4n) is 4.01. The Morgan fingerprint density at radius 3 is 2.80 bits per heavy atom. The molecule has 0 saturated heterocycles. The average Bonchev–Trinajstić information content (AvgIpc) is 3.19. The van der Waals surface area contributed by atoms with Gasteiger partial charge >= 0.3 is 0 Å². The second-order valence-electron chi connectivity index (χ2n) is 7.73. The Morgan fingerprint density at radius 2 is 2.12 bits per heavy atom. The van der Waals surface area contributed by atoms with Crippen LogP contribution in [0.25, 0.3) is 0 Å². The van der Waals surface area contributed by atoms with Gasteiger partial charge in [-0.05, 0) is 19.8 Å². The van der Waals surface area contributed by atoms with Crippen molar-refractivity contribution in [1.82, 2.24) is 24.6 Å². The molecule has 2 aromatic heterocycles. The number of nitrogens with zero attached hydrogens (tertiary/aromatic N) is 4. The molecule has 25 heavy (non-hydrogen) atoms. The predicted octanol–water partition coefficient (Wildman–Crippen LogP) is 3.14. The Bertz CT molecular complexity index is 771. The third-order valence-electron chi connectivity index (χ3n) is 5.76. The van der Waals surface area contributed by atoms with Crippen molar-refractivity contribution in [3.05, 3.63) is 35.2 Å². The number of hydrogen-bond acceptors (Lipinski definition) is 3. The van der Waals surface area contributed by atoms with E-state index in [-0.39, 0.29) is 11.9 Å². The highest BCUT2D eigenvalue weighted by atomic mass is 16.2. The minimum absolute atomic E-state index is 0.173. The first-order valence-corrected chi connectivity index (χ1v) is 9.43. The maximum atomic E-state index is 13.1. The van der Waals surface area contributed by atoms with Crippen molar-refractivity contribution in [2.45, 2.75) is 70.9 Å². The summed E-state index contributed by atoms with van der Waals surface area (Å²) < 4.78 is 2.02. The monoisotopic (exact) mass is 341 g/mol. The second kappa shape index (κ2) is 6.32. The largest absolute Gasteiger partial charge is 0.336 e. The minimum Gasteiger partial charge on any atom is -0.336 e. The van der Waals surface area contributed by atoms with Crippen LogP contribution in [-0.2, 0) is 17.8 Å². The van der Waals surface area contributed by atoms with Gasteiger partial charge in [-0.15, -0.1) is 0 Å². The summed E-state index contributed by atoms with van der Waals surface area (Å²) in [4.78, 5) is 19.5. The van der Waals surface area contributed by atoms with Crippen molar-refractivity contribution in [2.75, 3.05) is 6.54 Å². The molecule has 6 heteroatoms. The zero-order valence-electron chi connectivity index (χ0n) is 15.3. The highest BCUT2D eigenvalue weighted by Crippen LogP contribution is 2.39. The summed E-state index contributed by atoms with van der Waals surface area (Å²) in [6.07, 6.45) is 8.34. The Kier molecular flexibility index (Phi) is 4.13. The van der Waals surface area contributed by atoms with E-state index in [0.29, 0.717) is 18.4 Å². The molecule has 2 aliphatic rings. The highest BCUT2D eigenvalue weighted by Gasteiger charge is 2.32. The molecule has 0 spiro atoms. The van der Waals surface area contributed by atoms with Crippen molar-refractivity contribution < 1.29 is 4.79 Å². The van der Waals surface area contributed by atoms with Crippen LogP contribution in [0.4, 0.5) is 0 Å². The van der Waals surface area contributed by atoms with Crippen LogP contribution in [0.3, 0.4) is 0 Å². The standard InChI is InChI=1S/C19H27N5O/c1-12(2)18-20-8-10-24(18)13(3)19(25)23-9-7-16-15(11-23)17(22-21-16)14-5-4-6-14/h8,10,12-14H,4-7,9,11H2,1-3H3,(H,21,22). The van der Waals surface area contributed by atoms with Crippen LogP contribution >= 0.6 is 0 Å². The highest BCUT2D eigenvalue weighted by molar-refractivity contribution is 5.80. The SMILES string of the molecule is CC(C)c1nccn1C(C)C(=O)N1CCc2[nH]nc(C3CCC3)c2C1. The van der Waals surface area contributed by atoms with Gasteiger partial charge in [-0.3, -0.25) is 9.89 Å². The topological polar surface area (TPSA) is 66.8 Å². The molecule has 6 nitrogen and oxygen atoms in total. The lowest BCUT2D eigenvalue weighted by molar-refractivity contribution is -0.135. The lowest BCUT2D eigenvalue weighted by Crippen LogP contribution is -2.40. The Balaban J connectivity index is 1.53. The molecule has 1 atom stereocenters. The lowest BCUT2D eigenvalue weighted by Gasteiger charge is -2.32. The van der Waals surface area contributed by atoms with E-state index in [1.54, 1.807) is 6.20 Å². The summed E-state index contributed by atoms with van der Waals surface area (Å²) in [6, 6.07) is -0.222. The summed E-state index contributed by atoms with van der Waals surface area (Å²) in [5, 5.41) is 7.78. The van der Waals surface area contributed by atoms with Gasteiger partial charge in [-0.2, -0.15) is 5.10 Å². The number of fused-ring (bicyclic) bond motifs is 1. The number of carbonyl (C=O) groups excluding carboxylic acids is 1. The Morgan fingerprint density at radius 1 is 1.32 bits per heavy atom. The van der Waals surface area contributed by atoms with Crippen molar-refractivity contribution >= 4 is 5.91 Å². The van der Waals surface area contributed by atoms with E-state index >= 15 is 0 Å². The maximum Gasteiger partial charge on any atom is 0.245 e. The van der Waals surface area contributed by atoms with E-state index in [0.717, 1.165) is 18.8 Å². The molecule has 1 saturated carbocycles. The third kappa shape index (κ3) is 2.77. The molecule has 1 aliphatic carbocycles. The molecule has 1 N–H and O–H groups in total. The normalized spacial score (nSPS) is 19.0. The number of nitrogens with one attached hydrogen (secondary N) is 1. The first kappa shape index (κ1) is 16.4. The molecule has 1 amide bonds. The smallest absolute Gasteiger partial charge is 0.245 e. The summed E-state index contributed by atoms with van der Waals surface area (Å²) in [6.45, 7) is 7.65. The van der Waals surface area contributed by atoms with Crippen molar-refractivity contribution in [3.63, 3.8) is 0 Å². The molecule has 1 fully saturated rings. The van der Waals surface area contributed by atoms with Crippen LogP contribution in [0.1, 0.15) is 80.7 Å². The molecule has 0 bridgehead atoms. The number of hydrogen-bond donors (Lipinski definition) is 1. The number of aromatic amines is 1. The summed E-state index contributed by atoms with van der Waals surface area (Å²) in [5.41, 5.74) is 3.70. The summed E-state index contributed by atoms with van der Waals surface area (Å²) >= 11 is 0. The molecular formula is C19H27N5O. The zero-order chi connectivity index (χ0) is 17.6. The van der Waals surface area contributed by atoms with Crippen LogP contribution in [0.5, 0.6) is 0 Å². The van der Waals surface area contributed by atoms with Gasteiger partial charge in [0.15, 0.2) is 0 Å². The molecule has 0 aromatic carbocycles. The summed E-state index contributed by atoms with van der Waals surface area (Å²) in [5.74, 6) is 2.04. The van der Waals surface area contributed by atoms with E-state index in [4.69, 9.17) is 0 Å². The van der Waals surface area contributed by atoms with Gasteiger partial charge in [0.05, 0.1) is 5.69 Å². The van der Waals surface area contributed by atoms with Crippen LogP contribution in [-0.4, -0.2) is 37.1 Å². The second-order valence-corrected chi connectivity index (χ2v) is 7.73. The Hall–Kier alpha value is -2.11. The molecule has 134 valence electrons. The van der Waals surface area contributed by atoms with E-state index < -0.39 is 0 Å². The van der Waals surface area contributed by atoms with Gasteiger partial charge in [0.25, 0.3) is 0 Å². The quantitative estimate of drug-likeness (QED) is 0.929. The van der Waals surface area contributed by atoms with Gasteiger partial charge in [0.1, 0.15) is 11.9 Å². The molecule has 0 radical (unpaired) electrons. The van der Waals surface area contributed by atoms with Gasteiger partial charge < -0.3 is 9.47 Å². The number of aromatic nitrogens is 4. The lowest BCUT2D eigenvalue weighted by atomic mass is 9.80. The molecule has 3 heterocycles. The number of amides is 1. The first-order valence-electron chi connectivity index (χ1n) is 9.43. The molecule has 1 unspecified atom stereocenters. The number of H-pyrrole nitrogens is 1. The number of carbonyl (C=O) groups is 1. The van der Waals surface area contributed by atoms with Gasteiger partial charge in [0, 0.05) is 55.0 Å². The molecule has 2 aromatic rings. The minimum atomic E-state index is -0.222. The molecular weight excluding hydrogens is 314 g/mol. The third-order valence-corrected chi connectivity index (χ3v) is 5.76. The fraction of sp³-hybridized carbons (Fsp3) is 0.632. The van der Waals surface area contributed by atoms with E-state index in [1.807, 2.05) is 22.6 Å². The van der Waals surface area contributed by atoms with Gasteiger partial charge in [-0.1, -0.05) is 20.3 Å². The van der Waals surface area contributed by atoms with Crippen molar-refractivity contribution in [2.24, 2.45) is 0 Å². The zero-order valence-corrected chi connectivity index (χ0v) is 15.3. The van der Waals surface area contributed by atoms with Crippen LogP contribution in [0, 0.1) is 0 Å². The predicted molar refractivity (Wildman–Crippen MR) is 95.3 cm³/mol. The van der Waals surface area contributed by atoms with Crippen molar-refractivity contribution in [3.8, 4) is 0 Å². The number of rotatable bonds is 4. The number of imidazole rings is 1. The Labute approximate surface area is 148 Å². The van der Waals surface area contributed by atoms with Gasteiger partial charge in [-0.25, -0.2) is 4.98 Å². The van der Waals surface area contributed by atoms with E-state index in [1.165, 1.54) is 36.2 Å². The van der Waals surface area contributed by atoms with Crippen molar-refractivity contribution in [1.29, 1.82) is 0 Å². The van der Waals surface area contributed by atoms with Gasteiger partial charge in [0.2, 0.25) is 5.91 Å². The fourth-order valence-corrected chi connectivity index (χ4v) is 4.01. The van der Waals surface area contributed by atoms with E-state index in [2.05, 4.69) is 29.0 Å². The average molecular weight is 341 g/mol. The van der Waals surface area contributed by atoms with Crippen LogP contribution in [0.2, 0.25) is 0 Å². The molecule has 1 aliphatic heterocycles. The molecule has 4 rings (SSSR count). The van der Waals surface area contributed by atoms with Crippen LogP contribution in [0.15, 0.2) is 12.4 Å². The maximum absolute atomic E-state index is 13.1. The first-order chi connectivity index (χ1) is 12.1. The summed E-state index contributed by atoms with van der Waals surface area (Å²) in [7, 11) is 0.